The van der Waals surface area contributed by atoms with Crippen molar-refractivity contribution in [3.8, 4) is 0 Å². The van der Waals surface area contributed by atoms with Crippen LogP contribution in [-0.4, -0.2) is 29.3 Å². The molecule has 0 saturated heterocycles. The molecule has 0 unspecified atom stereocenters. The monoisotopic (exact) mass is 586 g/mol. The van der Waals surface area contributed by atoms with Crippen LogP contribution in [0.2, 0.25) is 39.3 Å². The molecule has 40 heavy (non-hydrogen) atoms. The lowest BCUT2D eigenvalue weighted by molar-refractivity contribution is -0.247. The summed E-state index contributed by atoms with van der Waals surface area (Å²) in [4.78, 5) is 0. The smallest absolute Gasteiger partial charge is 0.184 e. The van der Waals surface area contributed by atoms with Crippen molar-refractivity contribution in [2.45, 2.75) is 151 Å². The molecule has 0 heterocycles. The number of hydrogen-bond acceptors (Lipinski definition) is 2. The van der Waals surface area contributed by atoms with Gasteiger partial charge in [0.25, 0.3) is 0 Å². The third-order valence-corrected chi connectivity index (χ3v) is 16.5. The van der Waals surface area contributed by atoms with Gasteiger partial charge in [0.05, 0.1) is 6.10 Å². The average molecular weight is 587 g/mol. The van der Waals surface area contributed by atoms with E-state index in [1.807, 2.05) is 0 Å². The van der Waals surface area contributed by atoms with E-state index in [4.69, 9.17) is 8.85 Å². The Hall–Kier alpha value is 0.0938. The maximum Gasteiger partial charge on any atom is 0.184 e. The maximum absolute atomic E-state index is 6.92. The van der Waals surface area contributed by atoms with Crippen LogP contribution in [0.25, 0.3) is 0 Å². The van der Waals surface area contributed by atoms with Gasteiger partial charge in [0.15, 0.2) is 16.6 Å². The summed E-state index contributed by atoms with van der Waals surface area (Å²) in [6.07, 6.45) is 14.2. The third kappa shape index (κ3) is 4.75. The molecule has 0 aromatic heterocycles. The quantitative estimate of drug-likeness (QED) is 0.228. The van der Waals surface area contributed by atoms with Gasteiger partial charge in [-0.2, -0.15) is 0 Å². The molecule has 5 rings (SSSR count). The van der Waals surface area contributed by atoms with Crippen LogP contribution in [0.5, 0.6) is 0 Å². The van der Waals surface area contributed by atoms with E-state index < -0.39 is 16.6 Å². The first kappa shape index (κ1) is 31.5. The van der Waals surface area contributed by atoms with Crippen molar-refractivity contribution < 1.29 is 8.85 Å². The van der Waals surface area contributed by atoms with Gasteiger partial charge in [-0.25, -0.2) is 0 Å². The van der Waals surface area contributed by atoms with Gasteiger partial charge < -0.3 is 8.85 Å². The molecular formula is C36H66O2Si2. The molecule has 2 nitrogen and oxygen atoms in total. The lowest BCUT2D eigenvalue weighted by Crippen LogP contribution is -2.67. The fourth-order valence-corrected chi connectivity index (χ4v) is 14.5. The Balaban J connectivity index is 1.48. The van der Waals surface area contributed by atoms with Crippen molar-refractivity contribution in [1.29, 1.82) is 0 Å². The minimum atomic E-state index is -1.57. The fourth-order valence-electron chi connectivity index (χ4n) is 12.5. The molecule has 5 saturated carbocycles. The standard InChI is InChI=1S/C36H66O2Si2/c1-25(2)26-16-21-36(24-37-39(8,9)10)23-22-34(6)27(31(26)36)14-15-29-33(5)19-18-30(38-40(11,12)13)32(3,4)28(33)17-20-35(29,34)7/h26-31H,1,14-24H2,2-13H3/t26-,27+,28-,29+,30-,31+,33-,34+,35+,36+/m0/s1. The lowest BCUT2D eigenvalue weighted by atomic mass is 9.32. The summed E-state index contributed by atoms with van der Waals surface area (Å²) in [5, 5.41) is 0. The van der Waals surface area contributed by atoms with Crippen molar-refractivity contribution >= 4 is 16.6 Å². The predicted molar refractivity (Wildman–Crippen MR) is 176 cm³/mol. The number of rotatable bonds is 6. The first-order chi connectivity index (χ1) is 18.2. The molecule has 5 aliphatic rings. The summed E-state index contributed by atoms with van der Waals surface area (Å²) in [6, 6.07) is 0. The molecule has 0 N–H and O–H groups in total. The Morgan fingerprint density at radius 2 is 1.40 bits per heavy atom. The van der Waals surface area contributed by atoms with Crippen molar-refractivity contribution in [3.63, 3.8) is 0 Å². The van der Waals surface area contributed by atoms with E-state index >= 15 is 0 Å². The fraction of sp³-hybridized carbons (Fsp3) is 0.944. The predicted octanol–water partition coefficient (Wildman–Crippen LogP) is 10.7. The highest BCUT2D eigenvalue weighted by molar-refractivity contribution is 6.70. The van der Waals surface area contributed by atoms with Crippen molar-refractivity contribution in [3.05, 3.63) is 12.2 Å². The number of allylic oxidation sites excluding steroid dienone is 1. The van der Waals surface area contributed by atoms with Crippen LogP contribution in [-0.2, 0) is 8.85 Å². The molecule has 0 amide bonds. The van der Waals surface area contributed by atoms with E-state index in [1.54, 1.807) is 0 Å². The van der Waals surface area contributed by atoms with Crippen LogP contribution in [0, 0.1) is 56.7 Å². The molecule has 230 valence electrons. The van der Waals surface area contributed by atoms with Gasteiger partial charge in [0, 0.05) is 6.61 Å². The van der Waals surface area contributed by atoms with Gasteiger partial charge in [-0.05, 0) is 167 Å². The van der Waals surface area contributed by atoms with Gasteiger partial charge in [-0.15, -0.1) is 0 Å². The largest absolute Gasteiger partial charge is 0.417 e. The first-order valence-corrected chi connectivity index (χ1v) is 24.0. The molecule has 0 aromatic carbocycles. The summed E-state index contributed by atoms with van der Waals surface area (Å²) < 4.78 is 13.7. The third-order valence-electron chi connectivity index (χ3n) is 14.5. The average Bonchev–Trinajstić information content (AvgIpc) is 3.19. The Morgan fingerprint density at radius 1 is 0.725 bits per heavy atom. The maximum atomic E-state index is 6.92. The second kappa shape index (κ2) is 9.80. The zero-order valence-corrected chi connectivity index (χ0v) is 30.8. The van der Waals surface area contributed by atoms with Gasteiger partial charge >= 0.3 is 0 Å². The molecule has 0 radical (unpaired) electrons. The highest BCUT2D eigenvalue weighted by Crippen LogP contribution is 2.77. The molecule has 0 aliphatic heterocycles. The molecule has 5 fully saturated rings. The SMILES string of the molecule is C=C(C)[C@@H]1CC[C@]2(CO[Si](C)(C)C)CC[C@]3(C)[C@H](CC[C@@H]4[C@@]5(C)CC[C@H](O[Si](C)(C)C)C(C)(C)[C@@H]5CC[C@]43C)[C@@H]12. The highest BCUT2D eigenvalue weighted by atomic mass is 28.4. The molecular weight excluding hydrogens is 521 g/mol. The van der Waals surface area contributed by atoms with Crippen LogP contribution in [0.4, 0.5) is 0 Å². The van der Waals surface area contributed by atoms with Crippen molar-refractivity contribution in [1.82, 2.24) is 0 Å². The van der Waals surface area contributed by atoms with E-state index in [1.165, 1.54) is 69.8 Å². The van der Waals surface area contributed by atoms with E-state index in [2.05, 4.69) is 87.4 Å². The Bertz CT molecular complexity index is 992. The molecule has 0 spiro atoms. The molecule has 0 aromatic rings. The number of fused-ring (bicyclic) bond motifs is 7. The van der Waals surface area contributed by atoms with Gasteiger partial charge in [0.1, 0.15) is 0 Å². The molecule has 0 bridgehead atoms. The minimum Gasteiger partial charge on any atom is -0.417 e. The molecule has 10 atom stereocenters. The summed E-state index contributed by atoms with van der Waals surface area (Å²) in [5.41, 5.74) is 3.38. The van der Waals surface area contributed by atoms with Crippen molar-refractivity contribution in [2.24, 2.45) is 56.7 Å². The van der Waals surface area contributed by atoms with E-state index in [-0.39, 0.29) is 5.41 Å². The first-order valence-electron chi connectivity index (χ1n) is 17.2. The van der Waals surface area contributed by atoms with Crippen LogP contribution in [0.3, 0.4) is 0 Å². The summed E-state index contributed by atoms with van der Waals surface area (Å²) in [6.45, 7) is 35.7. The normalized spacial score (nSPS) is 48.5. The zero-order valence-electron chi connectivity index (χ0n) is 28.8. The topological polar surface area (TPSA) is 18.5 Å². The Kier molecular flexibility index (Phi) is 7.72. The van der Waals surface area contributed by atoms with E-state index in [9.17, 15) is 0 Å². The summed E-state index contributed by atoms with van der Waals surface area (Å²) in [7, 11) is -3.12. The van der Waals surface area contributed by atoms with Crippen molar-refractivity contribution in [2.75, 3.05) is 6.61 Å². The van der Waals surface area contributed by atoms with Crippen LogP contribution >= 0.6 is 0 Å². The van der Waals surface area contributed by atoms with E-state index in [0.29, 0.717) is 33.7 Å². The highest BCUT2D eigenvalue weighted by Gasteiger charge is 2.71. The van der Waals surface area contributed by atoms with Gasteiger partial charge in [-0.3, -0.25) is 0 Å². The van der Waals surface area contributed by atoms with Crippen LogP contribution in [0.15, 0.2) is 12.2 Å². The summed E-state index contributed by atoms with van der Waals surface area (Å²) in [5.74, 6) is 3.88. The van der Waals surface area contributed by atoms with Gasteiger partial charge in [0.2, 0.25) is 0 Å². The van der Waals surface area contributed by atoms with Crippen LogP contribution in [0.1, 0.15) is 106 Å². The minimum absolute atomic E-state index is 0.263. The van der Waals surface area contributed by atoms with Gasteiger partial charge in [-0.1, -0.05) is 46.8 Å². The summed E-state index contributed by atoms with van der Waals surface area (Å²) >= 11 is 0. The lowest BCUT2D eigenvalue weighted by Gasteiger charge is -2.73. The van der Waals surface area contributed by atoms with E-state index in [0.717, 1.165) is 30.3 Å². The zero-order chi connectivity index (χ0) is 29.7. The molecule has 5 aliphatic carbocycles. The second-order valence-corrected chi connectivity index (χ2v) is 28.0. The second-order valence-electron chi connectivity index (χ2n) is 19.0. The number of hydrogen-bond donors (Lipinski definition) is 0. The Labute approximate surface area is 251 Å². The van der Waals surface area contributed by atoms with Crippen LogP contribution < -0.4 is 0 Å². The molecule has 4 heteroatoms. The Morgan fingerprint density at radius 3 is 2.00 bits per heavy atom.